The van der Waals surface area contributed by atoms with E-state index < -0.39 is 5.97 Å². The summed E-state index contributed by atoms with van der Waals surface area (Å²) in [5.41, 5.74) is 0.103. The number of rotatable bonds is 6. The minimum absolute atomic E-state index is 0.103. The van der Waals surface area contributed by atoms with Crippen LogP contribution in [0.1, 0.15) is 32.6 Å². The molecule has 2 N–H and O–H groups in total. The van der Waals surface area contributed by atoms with E-state index in [1.165, 1.54) is 0 Å². The number of unbranched alkanes of at least 4 members (excludes halogenated alkanes) is 3. The number of hydrogen-bond acceptors (Lipinski definition) is 2. The summed E-state index contributed by atoms with van der Waals surface area (Å²) in [7, 11) is 0. The number of allylic oxidation sites excluding steroid dienone is 1. The van der Waals surface area contributed by atoms with Gasteiger partial charge < -0.3 is 10.2 Å². The molecule has 70 valence electrons. The normalized spacial score (nSPS) is 11.7. The van der Waals surface area contributed by atoms with E-state index in [0.29, 0.717) is 0 Å². The molecule has 0 saturated heterocycles. The van der Waals surface area contributed by atoms with Crippen molar-refractivity contribution in [3.8, 4) is 0 Å². The van der Waals surface area contributed by atoms with Crippen molar-refractivity contribution in [2.45, 2.75) is 32.6 Å². The van der Waals surface area contributed by atoms with E-state index in [1.54, 1.807) is 6.08 Å². The van der Waals surface area contributed by atoms with Gasteiger partial charge in [-0.15, -0.1) is 0 Å². The first-order valence-corrected chi connectivity index (χ1v) is 4.25. The van der Waals surface area contributed by atoms with Crippen LogP contribution in [0.25, 0.3) is 0 Å². The molecule has 0 atom stereocenters. The van der Waals surface area contributed by atoms with Crippen LogP contribution in [-0.2, 0) is 4.79 Å². The van der Waals surface area contributed by atoms with Crippen LogP contribution in [0.4, 0.5) is 0 Å². The molecule has 0 heterocycles. The van der Waals surface area contributed by atoms with Gasteiger partial charge in [-0.2, -0.15) is 0 Å². The molecule has 0 unspecified atom stereocenters. The molecule has 0 aromatic carbocycles. The van der Waals surface area contributed by atoms with Crippen molar-refractivity contribution in [3.63, 3.8) is 0 Å². The van der Waals surface area contributed by atoms with Gasteiger partial charge in [0.25, 0.3) is 0 Å². The summed E-state index contributed by atoms with van der Waals surface area (Å²) in [6, 6.07) is 0. The Balaban J connectivity index is 3.71. The van der Waals surface area contributed by atoms with Gasteiger partial charge in [0, 0.05) is 0 Å². The Bertz CT molecular complexity index is 161. The van der Waals surface area contributed by atoms with E-state index in [9.17, 15) is 4.79 Å². The summed E-state index contributed by atoms with van der Waals surface area (Å²) in [6.07, 6.45) is 5.56. The van der Waals surface area contributed by atoms with Gasteiger partial charge in [0.05, 0.1) is 12.2 Å². The Kier molecular flexibility index (Phi) is 6.38. The number of carboxylic acids is 1. The Morgan fingerprint density at radius 2 is 2.08 bits per heavy atom. The molecule has 0 aliphatic rings. The molecule has 0 rings (SSSR count). The molecule has 3 heteroatoms. The first kappa shape index (κ1) is 11.2. The summed E-state index contributed by atoms with van der Waals surface area (Å²) < 4.78 is 0. The van der Waals surface area contributed by atoms with E-state index in [2.05, 4.69) is 6.92 Å². The van der Waals surface area contributed by atoms with Crippen LogP contribution in [0.15, 0.2) is 11.6 Å². The maximum Gasteiger partial charge on any atom is 0.333 e. The lowest BCUT2D eigenvalue weighted by atomic mass is 10.1. The van der Waals surface area contributed by atoms with Crippen LogP contribution in [0, 0.1) is 0 Å². The molecule has 0 saturated carbocycles. The zero-order valence-electron chi connectivity index (χ0n) is 7.42. The number of carbonyl (C=O) groups is 1. The molecule has 0 aliphatic carbocycles. The van der Waals surface area contributed by atoms with Gasteiger partial charge >= 0.3 is 5.97 Å². The highest BCUT2D eigenvalue weighted by Gasteiger charge is 2.03. The molecule has 0 aromatic heterocycles. The molecule has 0 fully saturated rings. The van der Waals surface area contributed by atoms with Gasteiger partial charge in [-0.05, 0) is 12.8 Å². The third-order valence-electron chi connectivity index (χ3n) is 1.64. The third-order valence-corrected chi connectivity index (χ3v) is 1.64. The van der Waals surface area contributed by atoms with Crippen molar-refractivity contribution in [1.29, 1.82) is 0 Å². The maximum absolute atomic E-state index is 10.4. The first-order chi connectivity index (χ1) is 5.72. The van der Waals surface area contributed by atoms with Gasteiger partial charge in [-0.25, -0.2) is 4.79 Å². The topological polar surface area (TPSA) is 57.5 Å². The van der Waals surface area contributed by atoms with E-state index in [0.717, 1.165) is 25.7 Å². The smallest absolute Gasteiger partial charge is 0.333 e. The molecule has 0 aromatic rings. The minimum atomic E-state index is -1.02. The molecule has 0 bridgehead atoms. The second-order valence-electron chi connectivity index (χ2n) is 2.69. The standard InChI is InChI=1S/C9H16O3/c1-2-3-4-5-6-8(7-10)9(11)12/h6,10H,2-5,7H2,1H3,(H,11,12)/b8-6+. The summed E-state index contributed by atoms with van der Waals surface area (Å²) in [4.78, 5) is 10.4. The van der Waals surface area contributed by atoms with Gasteiger partial charge in [0.2, 0.25) is 0 Å². The van der Waals surface area contributed by atoms with Crippen molar-refractivity contribution in [3.05, 3.63) is 11.6 Å². The molecule has 0 radical (unpaired) electrons. The fourth-order valence-corrected chi connectivity index (χ4v) is 0.890. The highest BCUT2D eigenvalue weighted by atomic mass is 16.4. The van der Waals surface area contributed by atoms with Gasteiger partial charge in [0.15, 0.2) is 0 Å². The van der Waals surface area contributed by atoms with Crippen molar-refractivity contribution in [2.75, 3.05) is 6.61 Å². The molecule has 0 spiro atoms. The van der Waals surface area contributed by atoms with Crippen LogP contribution in [0.5, 0.6) is 0 Å². The maximum atomic E-state index is 10.4. The average Bonchev–Trinajstić information content (AvgIpc) is 2.04. The lowest BCUT2D eigenvalue weighted by Crippen LogP contribution is -2.04. The number of hydrogen-bond donors (Lipinski definition) is 2. The number of aliphatic carboxylic acids is 1. The summed E-state index contributed by atoms with van der Waals surface area (Å²) in [5, 5.41) is 17.1. The summed E-state index contributed by atoms with van der Waals surface area (Å²) >= 11 is 0. The average molecular weight is 172 g/mol. The van der Waals surface area contributed by atoms with Crippen LogP contribution in [-0.4, -0.2) is 22.8 Å². The number of aliphatic hydroxyl groups excluding tert-OH is 1. The van der Waals surface area contributed by atoms with Crippen molar-refractivity contribution in [1.82, 2.24) is 0 Å². The van der Waals surface area contributed by atoms with E-state index in [4.69, 9.17) is 10.2 Å². The zero-order chi connectivity index (χ0) is 9.40. The van der Waals surface area contributed by atoms with Crippen molar-refractivity contribution >= 4 is 5.97 Å². The van der Waals surface area contributed by atoms with Crippen LogP contribution < -0.4 is 0 Å². The van der Waals surface area contributed by atoms with Crippen LogP contribution >= 0.6 is 0 Å². The van der Waals surface area contributed by atoms with E-state index >= 15 is 0 Å². The molecule has 3 nitrogen and oxygen atoms in total. The van der Waals surface area contributed by atoms with E-state index in [1.807, 2.05) is 0 Å². The third kappa shape index (κ3) is 4.91. The van der Waals surface area contributed by atoms with Gasteiger partial charge in [-0.1, -0.05) is 25.8 Å². The SMILES string of the molecule is CCCCC/C=C(\CO)C(=O)O. The minimum Gasteiger partial charge on any atom is -0.478 e. The molecule has 12 heavy (non-hydrogen) atoms. The Morgan fingerprint density at radius 1 is 1.42 bits per heavy atom. The fourth-order valence-electron chi connectivity index (χ4n) is 0.890. The Labute approximate surface area is 72.7 Å². The van der Waals surface area contributed by atoms with Crippen LogP contribution in [0.2, 0.25) is 0 Å². The Morgan fingerprint density at radius 3 is 2.50 bits per heavy atom. The highest BCUT2D eigenvalue weighted by molar-refractivity contribution is 5.86. The lowest BCUT2D eigenvalue weighted by Gasteiger charge is -1.96. The lowest BCUT2D eigenvalue weighted by molar-refractivity contribution is -0.133. The summed E-state index contributed by atoms with van der Waals surface area (Å²) in [6.45, 7) is 1.72. The first-order valence-electron chi connectivity index (χ1n) is 4.25. The van der Waals surface area contributed by atoms with E-state index in [-0.39, 0.29) is 12.2 Å². The summed E-state index contributed by atoms with van der Waals surface area (Å²) in [5.74, 6) is -1.02. The van der Waals surface area contributed by atoms with Crippen LogP contribution in [0.3, 0.4) is 0 Å². The van der Waals surface area contributed by atoms with Gasteiger partial charge in [0.1, 0.15) is 0 Å². The van der Waals surface area contributed by atoms with Crippen molar-refractivity contribution in [2.24, 2.45) is 0 Å². The molecule has 0 amide bonds. The van der Waals surface area contributed by atoms with Crippen molar-refractivity contribution < 1.29 is 15.0 Å². The largest absolute Gasteiger partial charge is 0.478 e. The van der Waals surface area contributed by atoms with Gasteiger partial charge in [-0.3, -0.25) is 0 Å². The zero-order valence-corrected chi connectivity index (χ0v) is 7.42. The fraction of sp³-hybridized carbons (Fsp3) is 0.667. The Hall–Kier alpha value is -0.830. The second kappa shape index (κ2) is 6.85. The monoisotopic (exact) mass is 172 g/mol. The molecular weight excluding hydrogens is 156 g/mol. The molecular formula is C9H16O3. The number of carboxylic acid groups (broad SMARTS) is 1. The number of aliphatic hydroxyl groups is 1. The molecule has 0 aliphatic heterocycles. The predicted molar refractivity (Wildman–Crippen MR) is 46.9 cm³/mol. The quantitative estimate of drug-likeness (QED) is 0.472. The highest BCUT2D eigenvalue weighted by Crippen LogP contribution is 2.03. The predicted octanol–water partition coefficient (Wildman–Crippen LogP) is 1.57. The second-order valence-corrected chi connectivity index (χ2v) is 2.69.